The molecule has 0 aromatic heterocycles. The molecular formula is C17H28N2O3. The van der Waals surface area contributed by atoms with Gasteiger partial charge in [0.2, 0.25) is 0 Å². The molecule has 4 saturated carbocycles. The molecule has 4 aliphatic carbocycles. The first-order valence-electron chi connectivity index (χ1n) is 8.68. The van der Waals surface area contributed by atoms with E-state index < -0.39 is 6.04 Å². The van der Waals surface area contributed by atoms with Gasteiger partial charge in [0.15, 0.2) is 0 Å². The standard InChI is InChI=1S/C17H28N2O3/c1-3-4-18-16(21)19-14(15(20)22-2)17-8-11-5-12(9-17)7-13(6-11)10-17/h11-14H,3-10H2,1-2H3,(H2,18,19,21)/t11?,12?,13?,14-,17?/m1/s1. The summed E-state index contributed by atoms with van der Waals surface area (Å²) in [5.74, 6) is 1.92. The quantitative estimate of drug-likeness (QED) is 0.767. The van der Waals surface area contributed by atoms with E-state index >= 15 is 0 Å². The highest BCUT2D eigenvalue weighted by Crippen LogP contribution is 2.61. The minimum atomic E-state index is -0.497. The number of carbonyl (C=O) groups excluding carboxylic acids is 2. The Morgan fingerprint density at radius 1 is 1.14 bits per heavy atom. The maximum Gasteiger partial charge on any atom is 0.329 e. The van der Waals surface area contributed by atoms with Crippen LogP contribution >= 0.6 is 0 Å². The Balaban J connectivity index is 1.77. The Morgan fingerprint density at radius 3 is 2.14 bits per heavy atom. The lowest BCUT2D eigenvalue weighted by molar-refractivity contribution is -0.154. The lowest BCUT2D eigenvalue weighted by Crippen LogP contribution is -2.61. The molecule has 1 atom stereocenters. The van der Waals surface area contributed by atoms with E-state index in [0.29, 0.717) is 6.54 Å². The van der Waals surface area contributed by atoms with E-state index in [0.717, 1.165) is 43.4 Å². The van der Waals surface area contributed by atoms with E-state index in [-0.39, 0.29) is 17.4 Å². The van der Waals surface area contributed by atoms with Gasteiger partial charge in [0.05, 0.1) is 7.11 Å². The van der Waals surface area contributed by atoms with Crippen LogP contribution in [0.2, 0.25) is 0 Å². The maximum absolute atomic E-state index is 12.4. The zero-order valence-electron chi connectivity index (χ0n) is 13.7. The fourth-order valence-electron chi connectivity index (χ4n) is 5.53. The lowest BCUT2D eigenvalue weighted by atomic mass is 9.47. The molecule has 4 rings (SSSR count). The van der Waals surface area contributed by atoms with Gasteiger partial charge in [0.1, 0.15) is 6.04 Å². The van der Waals surface area contributed by atoms with Gasteiger partial charge in [-0.15, -0.1) is 0 Å². The van der Waals surface area contributed by atoms with Crippen LogP contribution in [0.4, 0.5) is 4.79 Å². The van der Waals surface area contributed by atoms with Crippen LogP contribution in [0.25, 0.3) is 0 Å². The summed E-state index contributed by atoms with van der Waals surface area (Å²) in [5.41, 5.74) is -0.0780. The van der Waals surface area contributed by atoms with Gasteiger partial charge in [-0.2, -0.15) is 0 Å². The second-order valence-electron chi connectivity index (χ2n) is 7.64. The van der Waals surface area contributed by atoms with Crippen LogP contribution in [0.1, 0.15) is 51.9 Å². The van der Waals surface area contributed by atoms with Crippen LogP contribution in [-0.2, 0) is 9.53 Å². The van der Waals surface area contributed by atoms with E-state index in [1.165, 1.54) is 26.4 Å². The van der Waals surface area contributed by atoms with E-state index in [9.17, 15) is 9.59 Å². The second-order valence-corrected chi connectivity index (χ2v) is 7.64. The Bertz CT molecular complexity index is 414. The van der Waals surface area contributed by atoms with E-state index in [4.69, 9.17) is 4.74 Å². The van der Waals surface area contributed by atoms with Crippen molar-refractivity contribution in [2.75, 3.05) is 13.7 Å². The highest BCUT2D eigenvalue weighted by molar-refractivity contribution is 5.84. The number of ether oxygens (including phenoxy) is 1. The van der Waals surface area contributed by atoms with E-state index in [2.05, 4.69) is 10.6 Å². The summed E-state index contributed by atoms with van der Waals surface area (Å²) in [4.78, 5) is 24.5. The molecule has 4 aliphatic rings. The third-order valence-electron chi connectivity index (χ3n) is 5.95. The Labute approximate surface area is 132 Å². The molecule has 0 aliphatic heterocycles. The normalized spacial score (nSPS) is 36.7. The minimum Gasteiger partial charge on any atom is -0.467 e. The highest BCUT2D eigenvalue weighted by atomic mass is 16.5. The summed E-state index contributed by atoms with van der Waals surface area (Å²) in [5, 5.41) is 5.75. The van der Waals surface area contributed by atoms with Crippen molar-refractivity contribution in [3.63, 3.8) is 0 Å². The van der Waals surface area contributed by atoms with Gasteiger partial charge in [-0.1, -0.05) is 6.92 Å². The summed E-state index contributed by atoms with van der Waals surface area (Å²) in [7, 11) is 1.42. The van der Waals surface area contributed by atoms with Crippen LogP contribution in [0.15, 0.2) is 0 Å². The van der Waals surface area contributed by atoms with Crippen LogP contribution < -0.4 is 10.6 Å². The molecule has 0 aromatic carbocycles. The summed E-state index contributed by atoms with van der Waals surface area (Å²) >= 11 is 0. The smallest absolute Gasteiger partial charge is 0.329 e. The average Bonchev–Trinajstić information content (AvgIpc) is 2.48. The number of nitrogens with one attached hydrogen (secondary N) is 2. The third-order valence-corrected chi connectivity index (χ3v) is 5.95. The zero-order chi connectivity index (χ0) is 15.7. The number of esters is 1. The number of methoxy groups -OCH3 is 1. The van der Waals surface area contributed by atoms with Crippen LogP contribution in [0, 0.1) is 23.2 Å². The van der Waals surface area contributed by atoms with Gasteiger partial charge in [0.25, 0.3) is 0 Å². The number of urea groups is 1. The number of rotatable bonds is 5. The number of amides is 2. The van der Waals surface area contributed by atoms with Crippen molar-refractivity contribution >= 4 is 12.0 Å². The Morgan fingerprint density at radius 2 is 1.68 bits per heavy atom. The van der Waals surface area contributed by atoms with Crippen molar-refractivity contribution < 1.29 is 14.3 Å². The summed E-state index contributed by atoms with van der Waals surface area (Å²) in [6.07, 6.45) is 8.01. The summed E-state index contributed by atoms with van der Waals surface area (Å²) in [6.45, 7) is 2.64. The molecule has 2 N–H and O–H groups in total. The second kappa shape index (κ2) is 6.09. The highest BCUT2D eigenvalue weighted by Gasteiger charge is 2.56. The van der Waals surface area contributed by atoms with E-state index in [1.54, 1.807) is 0 Å². The maximum atomic E-state index is 12.4. The Hall–Kier alpha value is -1.26. The topological polar surface area (TPSA) is 67.4 Å². The first-order valence-corrected chi connectivity index (χ1v) is 8.68. The minimum absolute atomic E-state index is 0.0780. The van der Waals surface area contributed by atoms with Gasteiger partial charge in [-0.25, -0.2) is 9.59 Å². The molecule has 0 aromatic rings. The predicted octanol–water partition coefficient (Wildman–Crippen LogP) is 2.45. The van der Waals surface area contributed by atoms with Crippen LogP contribution in [0.3, 0.4) is 0 Å². The zero-order valence-corrected chi connectivity index (χ0v) is 13.7. The molecule has 4 bridgehead atoms. The largest absolute Gasteiger partial charge is 0.467 e. The fraction of sp³-hybridized carbons (Fsp3) is 0.882. The molecule has 0 spiro atoms. The monoisotopic (exact) mass is 308 g/mol. The first-order chi connectivity index (χ1) is 10.6. The van der Waals surface area contributed by atoms with Gasteiger partial charge in [-0.3, -0.25) is 0 Å². The van der Waals surface area contributed by atoms with Gasteiger partial charge < -0.3 is 15.4 Å². The van der Waals surface area contributed by atoms with Crippen molar-refractivity contribution in [1.82, 2.24) is 10.6 Å². The first kappa shape index (κ1) is 15.6. The van der Waals surface area contributed by atoms with Crippen molar-refractivity contribution in [3.8, 4) is 0 Å². The molecule has 124 valence electrons. The van der Waals surface area contributed by atoms with Crippen LogP contribution in [-0.4, -0.2) is 31.7 Å². The van der Waals surface area contributed by atoms with E-state index in [1.807, 2.05) is 6.92 Å². The molecule has 5 nitrogen and oxygen atoms in total. The lowest BCUT2D eigenvalue weighted by Gasteiger charge is -2.58. The SMILES string of the molecule is CCCNC(=O)N[C@H](C(=O)OC)C12CC3CC(CC(C3)C1)C2. The van der Waals surface area contributed by atoms with Crippen LogP contribution in [0.5, 0.6) is 0 Å². The van der Waals surface area contributed by atoms with Crippen molar-refractivity contribution in [3.05, 3.63) is 0 Å². The van der Waals surface area contributed by atoms with Gasteiger partial charge in [-0.05, 0) is 62.7 Å². The Kier molecular flexibility index (Phi) is 4.33. The molecule has 0 saturated heterocycles. The van der Waals surface area contributed by atoms with Gasteiger partial charge >= 0.3 is 12.0 Å². The molecule has 0 heterocycles. The summed E-state index contributed by atoms with van der Waals surface area (Å²) < 4.78 is 5.03. The van der Waals surface area contributed by atoms with Crippen molar-refractivity contribution in [2.24, 2.45) is 23.2 Å². The molecule has 22 heavy (non-hydrogen) atoms. The summed E-state index contributed by atoms with van der Waals surface area (Å²) in [6, 6.07) is -0.740. The van der Waals surface area contributed by atoms with Crippen molar-refractivity contribution in [1.29, 1.82) is 0 Å². The molecule has 0 radical (unpaired) electrons. The average molecular weight is 308 g/mol. The number of hydrogen-bond acceptors (Lipinski definition) is 3. The molecular weight excluding hydrogens is 280 g/mol. The molecule has 2 amide bonds. The molecule has 5 heteroatoms. The predicted molar refractivity (Wildman–Crippen MR) is 83.2 cm³/mol. The fourth-order valence-corrected chi connectivity index (χ4v) is 5.53. The molecule has 4 fully saturated rings. The van der Waals surface area contributed by atoms with Crippen molar-refractivity contribution in [2.45, 2.75) is 57.9 Å². The van der Waals surface area contributed by atoms with Gasteiger partial charge in [0, 0.05) is 12.0 Å². The third kappa shape index (κ3) is 2.82. The molecule has 0 unspecified atom stereocenters. The number of carbonyl (C=O) groups is 2. The number of hydrogen-bond donors (Lipinski definition) is 2.